The Hall–Kier alpha value is -2.71. The monoisotopic (exact) mass is 446 g/mol. The zero-order valence-electron chi connectivity index (χ0n) is 18.6. The summed E-state index contributed by atoms with van der Waals surface area (Å²) in [6, 6.07) is 12.4. The van der Waals surface area contributed by atoms with Crippen LogP contribution in [0.15, 0.2) is 53.4 Å². The maximum absolute atomic E-state index is 13.1. The SMILES string of the molecule is COC(=O)c1ccc(CN(C)C(=O)C(CC(C)C)NS(=O)(=O)c2ccc(C)cc2)cc1. The molecule has 8 heteroatoms. The van der Waals surface area contributed by atoms with Crippen molar-refractivity contribution in [2.24, 2.45) is 5.92 Å². The molecule has 2 rings (SSSR count). The van der Waals surface area contributed by atoms with E-state index in [1.807, 2.05) is 20.8 Å². The van der Waals surface area contributed by atoms with Gasteiger partial charge in [0.15, 0.2) is 0 Å². The summed E-state index contributed by atoms with van der Waals surface area (Å²) >= 11 is 0. The molecule has 0 fully saturated rings. The molecule has 0 saturated heterocycles. The van der Waals surface area contributed by atoms with Crippen molar-refractivity contribution >= 4 is 21.9 Å². The predicted molar refractivity (Wildman–Crippen MR) is 119 cm³/mol. The number of hydrogen-bond donors (Lipinski definition) is 1. The van der Waals surface area contributed by atoms with E-state index in [2.05, 4.69) is 9.46 Å². The molecule has 0 saturated carbocycles. The van der Waals surface area contributed by atoms with E-state index in [0.717, 1.165) is 11.1 Å². The molecule has 0 heterocycles. The normalized spacial score (nSPS) is 12.5. The second-order valence-electron chi connectivity index (χ2n) is 8.00. The average molecular weight is 447 g/mol. The summed E-state index contributed by atoms with van der Waals surface area (Å²) in [6.45, 7) is 6.03. The van der Waals surface area contributed by atoms with Gasteiger partial charge in [0, 0.05) is 13.6 Å². The fourth-order valence-corrected chi connectivity index (χ4v) is 4.33. The molecule has 168 valence electrons. The van der Waals surface area contributed by atoms with Crippen molar-refractivity contribution in [2.45, 2.75) is 44.7 Å². The molecule has 1 N–H and O–H groups in total. The van der Waals surface area contributed by atoms with Crippen LogP contribution in [0.3, 0.4) is 0 Å². The summed E-state index contributed by atoms with van der Waals surface area (Å²) < 4.78 is 32.9. The Labute approximate surface area is 184 Å². The quantitative estimate of drug-likeness (QED) is 0.598. The highest BCUT2D eigenvalue weighted by atomic mass is 32.2. The third kappa shape index (κ3) is 6.90. The van der Waals surface area contributed by atoms with Crippen molar-refractivity contribution in [1.82, 2.24) is 9.62 Å². The number of aryl methyl sites for hydroxylation is 1. The van der Waals surface area contributed by atoms with Gasteiger partial charge in [-0.25, -0.2) is 13.2 Å². The highest BCUT2D eigenvalue weighted by Gasteiger charge is 2.28. The molecule has 1 unspecified atom stereocenters. The Bertz CT molecular complexity index is 999. The van der Waals surface area contributed by atoms with E-state index in [1.54, 1.807) is 43.4 Å². The third-order valence-electron chi connectivity index (χ3n) is 4.80. The number of methoxy groups -OCH3 is 1. The lowest BCUT2D eigenvalue weighted by Gasteiger charge is -2.26. The molecule has 1 atom stereocenters. The molecular formula is C23H30N2O5S. The highest BCUT2D eigenvalue weighted by Crippen LogP contribution is 2.16. The molecule has 1 amide bonds. The Morgan fingerprint density at radius 2 is 1.61 bits per heavy atom. The van der Waals surface area contributed by atoms with Crippen LogP contribution in [0.2, 0.25) is 0 Å². The van der Waals surface area contributed by atoms with Gasteiger partial charge in [-0.2, -0.15) is 4.72 Å². The van der Waals surface area contributed by atoms with E-state index in [-0.39, 0.29) is 23.3 Å². The standard InChI is InChI=1S/C23H30N2O5S/c1-16(2)14-21(24-31(28,29)20-12-6-17(3)7-13-20)22(26)25(4)15-18-8-10-19(11-9-18)23(27)30-5/h6-13,16,21,24H,14-15H2,1-5H3. The van der Waals surface area contributed by atoms with Crippen molar-refractivity contribution in [1.29, 1.82) is 0 Å². The molecule has 0 aliphatic rings. The minimum Gasteiger partial charge on any atom is -0.465 e. The van der Waals surface area contributed by atoms with Crippen LogP contribution in [0.25, 0.3) is 0 Å². The number of nitrogens with one attached hydrogen (secondary N) is 1. The number of benzene rings is 2. The second kappa shape index (κ2) is 10.5. The Morgan fingerprint density at radius 1 is 1.03 bits per heavy atom. The van der Waals surface area contributed by atoms with Crippen LogP contribution in [-0.2, 0) is 26.1 Å². The first-order chi connectivity index (χ1) is 14.5. The molecular weight excluding hydrogens is 416 g/mol. The Balaban J connectivity index is 2.16. The number of carbonyl (C=O) groups excluding carboxylic acids is 2. The predicted octanol–water partition coefficient (Wildman–Crippen LogP) is 3.13. The molecule has 0 bridgehead atoms. The molecule has 0 radical (unpaired) electrons. The fourth-order valence-electron chi connectivity index (χ4n) is 3.13. The van der Waals surface area contributed by atoms with Crippen LogP contribution in [0.4, 0.5) is 0 Å². The first kappa shape index (κ1) is 24.6. The van der Waals surface area contributed by atoms with Gasteiger partial charge in [-0.3, -0.25) is 4.79 Å². The zero-order chi connectivity index (χ0) is 23.2. The van der Waals surface area contributed by atoms with E-state index in [1.165, 1.54) is 24.1 Å². The van der Waals surface area contributed by atoms with Gasteiger partial charge in [0.25, 0.3) is 0 Å². The van der Waals surface area contributed by atoms with Gasteiger partial charge in [0.05, 0.1) is 17.6 Å². The fraction of sp³-hybridized carbons (Fsp3) is 0.391. The van der Waals surface area contributed by atoms with E-state index >= 15 is 0 Å². The average Bonchev–Trinajstić information content (AvgIpc) is 2.72. The number of esters is 1. The number of sulfonamides is 1. The Kier molecular flexibility index (Phi) is 8.36. The molecule has 7 nitrogen and oxygen atoms in total. The van der Waals surface area contributed by atoms with Crippen molar-refractivity contribution in [3.63, 3.8) is 0 Å². The van der Waals surface area contributed by atoms with Gasteiger partial charge in [-0.1, -0.05) is 43.7 Å². The summed E-state index contributed by atoms with van der Waals surface area (Å²) in [5.74, 6) is -0.637. The summed E-state index contributed by atoms with van der Waals surface area (Å²) in [5.41, 5.74) is 2.18. The topological polar surface area (TPSA) is 92.8 Å². The van der Waals surface area contributed by atoms with E-state index in [9.17, 15) is 18.0 Å². The van der Waals surface area contributed by atoms with Gasteiger partial charge in [-0.15, -0.1) is 0 Å². The minimum atomic E-state index is -3.84. The summed E-state index contributed by atoms with van der Waals surface area (Å²) in [7, 11) is -0.897. The summed E-state index contributed by atoms with van der Waals surface area (Å²) in [6.07, 6.45) is 0.371. The minimum absolute atomic E-state index is 0.113. The van der Waals surface area contributed by atoms with Gasteiger partial charge in [0.1, 0.15) is 6.04 Å². The summed E-state index contributed by atoms with van der Waals surface area (Å²) in [4.78, 5) is 26.3. The second-order valence-corrected chi connectivity index (χ2v) is 9.71. The van der Waals surface area contributed by atoms with E-state index in [0.29, 0.717) is 12.0 Å². The van der Waals surface area contributed by atoms with Crippen molar-refractivity contribution < 1.29 is 22.7 Å². The van der Waals surface area contributed by atoms with Gasteiger partial charge >= 0.3 is 5.97 Å². The van der Waals surface area contributed by atoms with Crippen LogP contribution in [-0.4, -0.2) is 45.4 Å². The van der Waals surface area contributed by atoms with Crippen LogP contribution in [0.1, 0.15) is 41.8 Å². The number of carbonyl (C=O) groups is 2. The van der Waals surface area contributed by atoms with Gasteiger partial charge in [-0.05, 0) is 49.1 Å². The number of hydrogen-bond acceptors (Lipinski definition) is 5. The molecule has 0 aliphatic carbocycles. The molecule has 31 heavy (non-hydrogen) atoms. The van der Waals surface area contributed by atoms with Crippen molar-refractivity contribution in [3.05, 3.63) is 65.2 Å². The van der Waals surface area contributed by atoms with Gasteiger partial charge in [0.2, 0.25) is 15.9 Å². The van der Waals surface area contributed by atoms with Crippen molar-refractivity contribution in [3.8, 4) is 0 Å². The lowest BCUT2D eigenvalue weighted by molar-refractivity contribution is -0.132. The van der Waals surface area contributed by atoms with E-state index < -0.39 is 22.0 Å². The maximum Gasteiger partial charge on any atom is 0.337 e. The number of amides is 1. The van der Waals surface area contributed by atoms with Crippen LogP contribution in [0.5, 0.6) is 0 Å². The van der Waals surface area contributed by atoms with Gasteiger partial charge < -0.3 is 9.64 Å². The summed E-state index contributed by atoms with van der Waals surface area (Å²) in [5, 5.41) is 0. The highest BCUT2D eigenvalue weighted by molar-refractivity contribution is 7.89. The first-order valence-electron chi connectivity index (χ1n) is 10.0. The lowest BCUT2D eigenvalue weighted by atomic mass is 10.0. The smallest absolute Gasteiger partial charge is 0.337 e. The Morgan fingerprint density at radius 3 is 2.13 bits per heavy atom. The van der Waals surface area contributed by atoms with Crippen LogP contribution in [0, 0.1) is 12.8 Å². The third-order valence-corrected chi connectivity index (χ3v) is 6.29. The van der Waals surface area contributed by atoms with E-state index in [4.69, 9.17) is 0 Å². The number of rotatable bonds is 9. The molecule has 2 aromatic rings. The zero-order valence-corrected chi connectivity index (χ0v) is 19.4. The molecule has 2 aromatic carbocycles. The largest absolute Gasteiger partial charge is 0.465 e. The van der Waals surface area contributed by atoms with Crippen molar-refractivity contribution in [2.75, 3.05) is 14.2 Å². The number of nitrogens with zero attached hydrogens (tertiary/aromatic N) is 1. The van der Waals surface area contributed by atoms with Crippen LogP contribution < -0.4 is 4.72 Å². The number of likely N-dealkylation sites (N-methyl/N-ethyl adjacent to an activating group) is 1. The molecule has 0 aliphatic heterocycles. The van der Waals surface area contributed by atoms with Crippen LogP contribution >= 0.6 is 0 Å². The molecule has 0 spiro atoms. The first-order valence-corrected chi connectivity index (χ1v) is 11.5. The lowest BCUT2D eigenvalue weighted by Crippen LogP contribution is -2.47. The number of ether oxygens (including phenoxy) is 1. The molecule has 0 aromatic heterocycles. The maximum atomic E-state index is 13.1.